The average molecular weight is 535 g/mol. The number of halogens is 1. The first-order valence-corrected chi connectivity index (χ1v) is 12.8. The number of amides is 2. The Labute approximate surface area is 223 Å². The highest BCUT2D eigenvalue weighted by Crippen LogP contribution is 2.47. The van der Waals surface area contributed by atoms with E-state index < -0.39 is 18.3 Å². The van der Waals surface area contributed by atoms with Gasteiger partial charge >= 0.3 is 0 Å². The molecule has 39 heavy (non-hydrogen) atoms. The molecule has 0 aliphatic carbocycles. The lowest BCUT2D eigenvalue weighted by molar-refractivity contribution is -0.142. The molecule has 3 aromatic rings. The van der Waals surface area contributed by atoms with Gasteiger partial charge in [-0.05, 0) is 60.5 Å². The van der Waals surface area contributed by atoms with E-state index in [2.05, 4.69) is 10.6 Å². The molecule has 0 radical (unpaired) electrons. The first-order chi connectivity index (χ1) is 19.0. The van der Waals surface area contributed by atoms with Crippen molar-refractivity contribution in [2.75, 3.05) is 18.7 Å². The third-order valence-corrected chi connectivity index (χ3v) is 7.18. The Bertz CT molecular complexity index is 1410. The highest BCUT2D eigenvalue weighted by molar-refractivity contribution is 6.04. The number of rotatable bonds is 7. The van der Waals surface area contributed by atoms with Crippen molar-refractivity contribution in [3.8, 4) is 17.2 Å². The molecule has 3 aliphatic heterocycles. The largest absolute Gasteiger partial charge is 0.487 e. The second-order valence-corrected chi connectivity index (χ2v) is 9.79. The van der Waals surface area contributed by atoms with Crippen molar-refractivity contribution in [1.82, 2.24) is 5.32 Å². The smallest absolute Gasteiger partial charge is 0.255 e. The summed E-state index contributed by atoms with van der Waals surface area (Å²) in [5.41, 5.74) is 2.58. The fourth-order valence-electron chi connectivity index (χ4n) is 5.33. The number of aliphatic hydroxyl groups excluding tert-OH is 1. The standard InChI is InChI=1S/C29H27FN2O7/c30-18-3-1-2-16(8-18)13-31-27(34)12-20-11-22-21-10-19(5-7-23(21)39-28(22)26(14-33)38-20)32-29(35)17-4-6-24-25(9-17)37-15-36-24/h1-10,20,22,26,28,33H,11-15H2,(H,31,34)(H,32,35)/t20-,22-,26-,28+/m0/s1. The van der Waals surface area contributed by atoms with Crippen LogP contribution >= 0.6 is 0 Å². The molecule has 3 N–H and O–H groups in total. The predicted molar refractivity (Wildman–Crippen MR) is 137 cm³/mol. The van der Waals surface area contributed by atoms with Crippen LogP contribution in [0.15, 0.2) is 60.7 Å². The summed E-state index contributed by atoms with van der Waals surface area (Å²) in [6.45, 7) is 0.0729. The molecule has 6 rings (SSSR count). The number of hydrogen-bond donors (Lipinski definition) is 3. The van der Waals surface area contributed by atoms with Gasteiger partial charge in [0.2, 0.25) is 12.7 Å². The van der Waals surface area contributed by atoms with Gasteiger partial charge in [-0.3, -0.25) is 9.59 Å². The van der Waals surface area contributed by atoms with Crippen molar-refractivity contribution in [1.29, 1.82) is 0 Å². The van der Waals surface area contributed by atoms with E-state index >= 15 is 0 Å². The Hall–Kier alpha value is -4.15. The van der Waals surface area contributed by atoms with Crippen molar-refractivity contribution in [3.63, 3.8) is 0 Å². The van der Waals surface area contributed by atoms with Gasteiger partial charge in [0.15, 0.2) is 11.5 Å². The van der Waals surface area contributed by atoms with E-state index in [4.69, 9.17) is 18.9 Å². The molecule has 10 heteroatoms. The number of nitrogens with one attached hydrogen (secondary N) is 2. The van der Waals surface area contributed by atoms with Crippen LogP contribution in [-0.4, -0.2) is 48.6 Å². The summed E-state index contributed by atoms with van der Waals surface area (Å²) in [7, 11) is 0. The average Bonchev–Trinajstić information content (AvgIpc) is 3.55. The topological polar surface area (TPSA) is 115 Å². The van der Waals surface area contributed by atoms with Crippen LogP contribution in [0.2, 0.25) is 0 Å². The van der Waals surface area contributed by atoms with Gasteiger partial charge in [-0.15, -0.1) is 0 Å². The van der Waals surface area contributed by atoms with Crippen molar-refractivity contribution < 1.29 is 38.0 Å². The zero-order chi connectivity index (χ0) is 26.9. The lowest BCUT2D eigenvalue weighted by Crippen LogP contribution is -2.47. The third-order valence-electron chi connectivity index (χ3n) is 7.18. The van der Waals surface area contributed by atoms with Gasteiger partial charge in [0.1, 0.15) is 23.8 Å². The lowest BCUT2D eigenvalue weighted by atomic mass is 9.84. The molecule has 3 aliphatic rings. The molecule has 0 spiro atoms. The number of carbonyl (C=O) groups is 2. The molecule has 0 unspecified atom stereocenters. The first kappa shape index (κ1) is 25.1. The number of benzene rings is 3. The van der Waals surface area contributed by atoms with Crippen molar-refractivity contribution in [2.45, 2.75) is 43.6 Å². The Kier molecular flexibility index (Phi) is 6.80. The molecule has 1 fully saturated rings. The van der Waals surface area contributed by atoms with E-state index in [-0.39, 0.29) is 49.9 Å². The fraction of sp³-hybridized carbons (Fsp3) is 0.310. The monoisotopic (exact) mass is 534 g/mol. The highest BCUT2D eigenvalue weighted by atomic mass is 19.1. The van der Waals surface area contributed by atoms with E-state index in [0.29, 0.717) is 40.5 Å². The summed E-state index contributed by atoms with van der Waals surface area (Å²) in [5, 5.41) is 15.7. The van der Waals surface area contributed by atoms with Crippen LogP contribution < -0.4 is 24.8 Å². The van der Waals surface area contributed by atoms with E-state index in [9.17, 15) is 19.1 Å². The van der Waals surface area contributed by atoms with E-state index in [1.807, 2.05) is 6.07 Å². The molecule has 0 bridgehead atoms. The lowest BCUT2D eigenvalue weighted by Gasteiger charge is -2.37. The number of fused-ring (bicyclic) bond motifs is 4. The van der Waals surface area contributed by atoms with E-state index in [1.54, 1.807) is 42.5 Å². The maximum absolute atomic E-state index is 13.4. The Morgan fingerprint density at radius 1 is 1.00 bits per heavy atom. The third kappa shape index (κ3) is 5.25. The minimum Gasteiger partial charge on any atom is -0.487 e. The van der Waals surface area contributed by atoms with Crippen LogP contribution in [0.3, 0.4) is 0 Å². The first-order valence-electron chi connectivity index (χ1n) is 12.8. The van der Waals surface area contributed by atoms with Crippen LogP contribution in [0.25, 0.3) is 0 Å². The van der Waals surface area contributed by atoms with E-state index in [0.717, 1.165) is 5.56 Å². The van der Waals surface area contributed by atoms with Gasteiger partial charge < -0.3 is 34.7 Å². The van der Waals surface area contributed by atoms with Gasteiger partial charge in [0, 0.05) is 29.3 Å². The molecule has 0 saturated carbocycles. The molecular weight excluding hydrogens is 507 g/mol. The molecule has 2 amide bonds. The zero-order valence-corrected chi connectivity index (χ0v) is 20.9. The SMILES string of the molecule is O=C(C[C@@H]1C[C@H]2c3cc(NC(=O)c4ccc5c(c4)OCO5)ccc3O[C@H]2[C@H](CO)O1)NCc1cccc(F)c1. The van der Waals surface area contributed by atoms with Crippen LogP contribution in [0, 0.1) is 5.82 Å². The minimum atomic E-state index is -0.608. The maximum atomic E-state index is 13.4. The highest BCUT2D eigenvalue weighted by Gasteiger charge is 2.46. The molecular formula is C29H27FN2O7. The minimum absolute atomic E-state index is 0.0882. The molecule has 4 atom stereocenters. The second-order valence-electron chi connectivity index (χ2n) is 9.79. The molecule has 202 valence electrons. The van der Waals surface area contributed by atoms with Crippen LogP contribution in [0.4, 0.5) is 10.1 Å². The van der Waals surface area contributed by atoms with Gasteiger partial charge in [-0.1, -0.05) is 12.1 Å². The number of carbonyl (C=O) groups excluding carboxylic acids is 2. The van der Waals surface area contributed by atoms with Gasteiger partial charge in [0.05, 0.1) is 19.1 Å². The number of ether oxygens (including phenoxy) is 4. The molecule has 3 heterocycles. The Morgan fingerprint density at radius 3 is 2.69 bits per heavy atom. The van der Waals surface area contributed by atoms with Crippen molar-refractivity contribution >= 4 is 17.5 Å². The van der Waals surface area contributed by atoms with Gasteiger partial charge in [-0.2, -0.15) is 0 Å². The quantitative estimate of drug-likeness (QED) is 0.425. The Balaban J connectivity index is 1.13. The van der Waals surface area contributed by atoms with E-state index in [1.165, 1.54) is 12.1 Å². The number of anilines is 1. The van der Waals surface area contributed by atoms with Crippen LogP contribution in [0.5, 0.6) is 17.2 Å². The summed E-state index contributed by atoms with van der Waals surface area (Å²) in [5.74, 6) is 0.762. The maximum Gasteiger partial charge on any atom is 0.255 e. The normalized spacial score (nSPS) is 22.4. The molecule has 0 aromatic heterocycles. The van der Waals surface area contributed by atoms with Gasteiger partial charge in [-0.25, -0.2) is 4.39 Å². The zero-order valence-electron chi connectivity index (χ0n) is 20.9. The van der Waals surface area contributed by atoms with Gasteiger partial charge in [0.25, 0.3) is 5.91 Å². The van der Waals surface area contributed by atoms with Crippen LogP contribution in [0.1, 0.15) is 40.2 Å². The summed E-state index contributed by atoms with van der Waals surface area (Å²) >= 11 is 0. The number of aliphatic hydroxyl groups is 1. The van der Waals surface area contributed by atoms with Crippen molar-refractivity contribution in [2.24, 2.45) is 0 Å². The predicted octanol–water partition coefficient (Wildman–Crippen LogP) is 3.51. The Morgan fingerprint density at radius 2 is 1.85 bits per heavy atom. The molecule has 9 nitrogen and oxygen atoms in total. The molecule has 3 aromatic carbocycles. The second kappa shape index (κ2) is 10.5. The summed E-state index contributed by atoms with van der Waals surface area (Å²) in [6.07, 6.45) is -0.871. The fourth-order valence-corrected chi connectivity index (χ4v) is 5.33. The summed E-state index contributed by atoms with van der Waals surface area (Å²) < 4.78 is 36.2. The number of hydrogen-bond acceptors (Lipinski definition) is 7. The molecule has 1 saturated heterocycles. The van der Waals surface area contributed by atoms with Crippen molar-refractivity contribution in [3.05, 3.63) is 83.2 Å². The summed E-state index contributed by atoms with van der Waals surface area (Å²) in [4.78, 5) is 25.5. The van der Waals surface area contributed by atoms with Crippen LogP contribution in [-0.2, 0) is 16.1 Å². The summed E-state index contributed by atoms with van der Waals surface area (Å²) in [6, 6.07) is 16.5.